The molecule has 0 aliphatic carbocycles. The molecule has 2 aromatic carbocycles. The number of nitrogens with zero attached hydrogens (tertiary/aromatic N) is 3. The number of rotatable bonds is 4. The van der Waals surface area contributed by atoms with E-state index in [4.69, 9.17) is 0 Å². The fourth-order valence-corrected chi connectivity index (χ4v) is 4.39. The SMILES string of the molecule is Cc1cc(C)c(S(=O)(=O)Nc2ccc(-n3cncn3)c(F)c2)c(C)c1. The molecule has 0 amide bonds. The first-order valence-electron chi connectivity index (χ1n) is 7.53. The van der Waals surface area contributed by atoms with E-state index < -0.39 is 15.8 Å². The van der Waals surface area contributed by atoms with E-state index in [-0.39, 0.29) is 16.3 Å². The largest absolute Gasteiger partial charge is 0.280 e. The smallest absolute Gasteiger partial charge is 0.262 e. The zero-order valence-corrected chi connectivity index (χ0v) is 14.8. The zero-order valence-electron chi connectivity index (χ0n) is 14.0. The van der Waals surface area contributed by atoms with E-state index in [0.717, 1.165) is 11.6 Å². The van der Waals surface area contributed by atoms with Gasteiger partial charge in [0.2, 0.25) is 0 Å². The minimum Gasteiger partial charge on any atom is -0.280 e. The van der Waals surface area contributed by atoms with Crippen LogP contribution in [0.1, 0.15) is 16.7 Å². The molecule has 25 heavy (non-hydrogen) atoms. The summed E-state index contributed by atoms with van der Waals surface area (Å²) < 4.78 is 43.4. The Labute approximate surface area is 145 Å². The topological polar surface area (TPSA) is 76.9 Å². The highest BCUT2D eigenvalue weighted by atomic mass is 32.2. The van der Waals surface area contributed by atoms with Gasteiger partial charge >= 0.3 is 0 Å². The van der Waals surface area contributed by atoms with Gasteiger partial charge in [0.15, 0.2) is 5.82 Å². The molecule has 0 fully saturated rings. The van der Waals surface area contributed by atoms with Crippen LogP contribution in [-0.4, -0.2) is 23.2 Å². The number of hydrogen-bond acceptors (Lipinski definition) is 4. The van der Waals surface area contributed by atoms with Crippen LogP contribution in [0.5, 0.6) is 0 Å². The summed E-state index contributed by atoms with van der Waals surface area (Å²) in [6, 6.07) is 7.65. The van der Waals surface area contributed by atoms with Crippen LogP contribution in [-0.2, 0) is 10.0 Å². The van der Waals surface area contributed by atoms with Crippen molar-refractivity contribution in [2.75, 3.05) is 4.72 Å². The summed E-state index contributed by atoms with van der Waals surface area (Å²) in [6.07, 6.45) is 2.65. The van der Waals surface area contributed by atoms with E-state index in [9.17, 15) is 12.8 Å². The maximum Gasteiger partial charge on any atom is 0.262 e. The average molecular weight is 360 g/mol. The molecule has 3 rings (SSSR count). The van der Waals surface area contributed by atoms with E-state index in [1.807, 2.05) is 6.92 Å². The fraction of sp³-hybridized carbons (Fsp3) is 0.176. The van der Waals surface area contributed by atoms with E-state index in [1.54, 1.807) is 26.0 Å². The number of benzene rings is 2. The van der Waals surface area contributed by atoms with Gasteiger partial charge in [-0.3, -0.25) is 4.72 Å². The molecule has 0 bridgehead atoms. The third-order valence-electron chi connectivity index (χ3n) is 3.74. The Hall–Kier alpha value is -2.74. The number of hydrogen-bond donors (Lipinski definition) is 1. The van der Waals surface area contributed by atoms with Crippen molar-refractivity contribution in [1.82, 2.24) is 14.8 Å². The third kappa shape index (κ3) is 3.39. The number of nitrogens with one attached hydrogen (secondary N) is 1. The molecule has 0 saturated carbocycles. The zero-order chi connectivity index (χ0) is 18.2. The maximum atomic E-state index is 14.3. The average Bonchev–Trinajstić information content (AvgIpc) is 2.99. The van der Waals surface area contributed by atoms with Crippen LogP contribution in [0.3, 0.4) is 0 Å². The number of sulfonamides is 1. The molecule has 0 aliphatic heterocycles. The van der Waals surface area contributed by atoms with Gasteiger partial charge in [-0.1, -0.05) is 17.7 Å². The molecular formula is C17H17FN4O2S. The van der Waals surface area contributed by atoms with Crippen molar-refractivity contribution in [2.45, 2.75) is 25.7 Å². The highest BCUT2D eigenvalue weighted by Gasteiger charge is 2.20. The van der Waals surface area contributed by atoms with Gasteiger partial charge in [-0.2, -0.15) is 5.10 Å². The summed E-state index contributed by atoms with van der Waals surface area (Å²) in [6.45, 7) is 5.38. The van der Waals surface area contributed by atoms with Gasteiger partial charge in [-0.25, -0.2) is 22.5 Å². The molecule has 0 saturated heterocycles. The summed E-state index contributed by atoms with van der Waals surface area (Å²) in [4.78, 5) is 3.97. The lowest BCUT2D eigenvalue weighted by molar-refractivity contribution is 0.599. The number of halogens is 1. The molecule has 1 aromatic heterocycles. The molecule has 3 aromatic rings. The summed E-state index contributed by atoms with van der Waals surface area (Å²) >= 11 is 0. The van der Waals surface area contributed by atoms with Crippen molar-refractivity contribution < 1.29 is 12.8 Å². The van der Waals surface area contributed by atoms with Crippen molar-refractivity contribution in [1.29, 1.82) is 0 Å². The van der Waals surface area contributed by atoms with E-state index in [1.165, 1.54) is 29.5 Å². The Balaban J connectivity index is 1.96. The van der Waals surface area contributed by atoms with Crippen molar-refractivity contribution in [3.05, 3.63) is 65.5 Å². The molecule has 0 unspecified atom stereocenters. The second kappa shape index (κ2) is 6.29. The second-order valence-electron chi connectivity index (χ2n) is 5.84. The van der Waals surface area contributed by atoms with Crippen LogP contribution in [0.15, 0.2) is 47.9 Å². The first-order valence-corrected chi connectivity index (χ1v) is 9.01. The Morgan fingerprint density at radius 3 is 2.32 bits per heavy atom. The molecule has 130 valence electrons. The predicted octanol–water partition coefficient (Wildman–Crippen LogP) is 3.13. The predicted molar refractivity (Wildman–Crippen MR) is 92.8 cm³/mol. The van der Waals surface area contributed by atoms with Gasteiger partial charge in [0, 0.05) is 6.07 Å². The molecule has 8 heteroatoms. The standard InChI is InChI=1S/C17H17FN4O2S/c1-11-6-12(2)17(13(3)7-11)25(23,24)21-14-4-5-16(15(18)8-14)22-10-19-9-20-22/h4-10,21H,1-3H3. The van der Waals surface area contributed by atoms with Crippen molar-refractivity contribution in [3.63, 3.8) is 0 Å². The van der Waals surface area contributed by atoms with Gasteiger partial charge in [0.25, 0.3) is 10.0 Å². The molecular weight excluding hydrogens is 343 g/mol. The summed E-state index contributed by atoms with van der Waals surface area (Å²) in [5.41, 5.74) is 2.59. The molecule has 0 radical (unpaired) electrons. The Morgan fingerprint density at radius 1 is 1.08 bits per heavy atom. The molecule has 6 nitrogen and oxygen atoms in total. The van der Waals surface area contributed by atoms with E-state index in [0.29, 0.717) is 11.1 Å². The quantitative estimate of drug-likeness (QED) is 0.775. The van der Waals surface area contributed by atoms with Crippen LogP contribution >= 0.6 is 0 Å². The molecule has 1 heterocycles. The van der Waals surface area contributed by atoms with Crippen molar-refractivity contribution in [2.24, 2.45) is 0 Å². The Morgan fingerprint density at radius 2 is 1.76 bits per heavy atom. The van der Waals surface area contributed by atoms with Crippen LogP contribution in [0.2, 0.25) is 0 Å². The van der Waals surface area contributed by atoms with Gasteiger partial charge in [0.1, 0.15) is 18.3 Å². The highest BCUT2D eigenvalue weighted by Crippen LogP contribution is 2.25. The minimum atomic E-state index is -3.83. The van der Waals surface area contributed by atoms with Crippen LogP contribution in [0.25, 0.3) is 5.69 Å². The summed E-state index contributed by atoms with van der Waals surface area (Å²) in [5, 5.41) is 3.86. The van der Waals surface area contributed by atoms with E-state index in [2.05, 4.69) is 14.8 Å². The van der Waals surface area contributed by atoms with Crippen LogP contribution in [0, 0.1) is 26.6 Å². The van der Waals surface area contributed by atoms with Crippen LogP contribution in [0.4, 0.5) is 10.1 Å². The molecule has 1 N–H and O–H groups in total. The number of aromatic nitrogens is 3. The molecule has 0 atom stereocenters. The van der Waals surface area contributed by atoms with Gasteiger partial charge in [-0.05, 0) is 44.0 Å². The number of anilines is 1. The summed E-state index contributed by atoms with van der Waals surface area (Å²) in [7, 11) is -3.83. The molecule has 0 spiro atoms. The van der Waals surface area contributed by atoms with Crippen molar-refractivity contribution >= 4 is 15.7 Å². The highest BCUT2D eigenvalue weighted by molar-refractivity contribution is 7.92. The lowest BCUT2D eigenvalue weighted by atomic mass is 10.1. The Kier molecular flexibility index (Phi) is 4.30. The first-order chi connectivity index (χ1) is 11.8. The third-order valence-corrected chi connectivity index (χ3v) is 5.42. The Bertz CT molecular complexity index is 1010. The maximum absolute atomic E-state index is 14.3. The van der Waals surface area contributed by atoms with Gasteiger partial charge in [0.05, 0.1) is 10.6 Å². The minimum absolute atomic E-state index is 0.140. The second-order valence-corrected chi connectivity index (χ2v) is 7.46. The van der Waals surface area contributed by atoms with Crippen LogP contribution < -0.4 is 4.72 Å². The van der Waals surface area contributed by atoms with Gasteiger partial charge < -0.3 is 0 Å². The molecule has 0 aliphatic rings. The summed E-state index contributed by atoms with van der Waals surface area (Å²) in [5.74, 6) is -0.608. The number of aryl methyl sites for hydroxylation is 3. The lowest BCUT2D eigenvalue weighted by Crippen LogP contribution is -2.16. The first kappa shape index (κ1) is 17.1. The van der Waals surface area contributed by atoms with Crippen molar-refractivity contribution in [3.8, 4) is 5.69 Å². The lowest BCUT2D eigenvalue weighted by Gasteiger charge is -2.14. The fourth-order valence-electron chi connectivity index (χ4n) is 2.89. The van der Waals surface area contributed by atoms with E-state index >= 15 is 0 Å². The van der Waals surface area contributed by atoms with Gasteiger partial charge in [-0.15, -0.1) is 0 Å². The normalized spacial score (nSPS) is 11.5. The monoisotopic (exact) mass is 360 g/mol.